The van der Waals surface area contributed by atoms with Crippen molar-refractivity contribution >= 4 is 17.3 Å². The molecule has 100 valence electrons. The number of anilines is 2. The van der Waals surface area contributed by atoms with Crippen molar-refractivity contribution in [1.29, 1.82) is 0 Å². The minimum absolute atomic E-state index is 0.230. The lowest BCUT2D eigenvalue weighted by atomic mass is 10.1. The minimum Gasteiger partial charge on any atom is -0.444 e. The molecule has 0 aliphatic carbocycles. The molecule has 0 fully saturated rings. The van der Waals surface area contributed by atoms with Gasteiger partial charge in [0.2, 0.25) is 5.89 Å². The van der Waals surface area contributed by atoms with Crippen LogP contribution in [-0.2, 0) is 13.0 Å². The summed E-state index contributed by atoms with van der Waals surface area (Å²) in [7, 11) is 0. The molecule has 2 rings (SSSR count). The van der Waals surface area contributed by atoms with Crippen LogP contribution in [0.15, 0.2) is 28.8 Å². The average Bonchev–Trinajstić information content (AvgIpc) is 2.82. The first-order valence-corrected chi connectivity index (χ1v) is 5.96. The SMILES string of the molecule is CCc1cnc(CNC(=O)c2cc(N)cc(N)c2)o1. The Labute approximate surface area is 110 Å². The lowest BCUT2D eigenvalue weighted by molar-refractivity contribution is 0.0947. The summed E-state index contributed by atoms with van der Waals surface area (Å²) < 4.78 is 5.39. The van der Waals surface area contributed by atoms with Gasteiger partial charge in [-0.15, -0.1) is 0 Å². The highest BCUT2D eigenvalue weighted by Crippen LogP contribution is 2.13. The fourth-order valence-corrected chi connectivity index (χ4v) is 1.66. The standard InChI is InChI=1S/C13H16N4O2/c1-2-11-6-16-12(19-11)7-17-13(18)8-3-9(14)5-10(15)4-8/h3-6H,2,7,14-15H2,1H3,(H,17,18). The minimum atomic E-state index is -0.268. The first-order valence-electron chi connectivity index (χ1n) is 5.96. The van der Waals surface area contributed by atoms with Crippen LogP contribution in [0.5, 0.6) is 0 Å². The van der Waals surface area contributed by atoms with Gasteiger partial charge in [-0.3, -0.25) is 4.79 Å². The second kappa shape index (κ2) is 5.43. The van der Waals surface area contributed by atoms with E-state index >= 15 is 0 Å². The first-order chi connectivity index (χ1) is 9.08. The number of benzene rings is 1. The number of amides is 1. The van der Waals surface area contributed by atoms with E-state index in [0.29, 0.717) is 22.8 Å². The highest BCUT2D eigenvalue weighted by Gasteiger charge is 2.09. The van der Waals surface area contributed by atoms with Gasteiger partial charge in [0.05, 0.1) is 12.7 Å². The van der Waals surface area contributed by atoms with E-state index in [9.17, 15) is 4.79 Å². The van der Waals surface area contributed by atoms with E-state index in [1.54, 1.807) is 24.4 Å². The molecular formula is C13H16N4O2. The Morgan fingerprint density at radius 1 is 1.32 bits per heavy atom. The predicted octanol–water partition coefficient (Wildman–Crippen LogP) is 1.33. The molecule has 0 atom stereocenters. The van der Waals surface area contributed by atoms with Crippen molar-refractivity contribution in [2.45, 2.75) is 19.9 Å². The van der Waals surface area contributed by atoms with Gasteiger partial charge in [0.1, 0.15) is 5.76 Å². The number of carbonyl (C=O) groups is 1. The van der Waals surface area contributed by atoms with E-state index in [-0.39, 0.29) is 12.5 Å². The smallest absolute Gasteiger partial charge is 0.251 e. The number of hydrogen-bond donors (Lipinski definition) is 3. The molecule has 0 saturated carbocycles. The second-order valence-electron chi connectivity index (χ2n) is 4.14. The van der Waals surface area contributed by atoms with Crippen molar-refractivity contribution in [3.8, 4) is 0 Å². The number of nitrogen functional groups attached to an aromatic ring is 2. The summed E-state index contributed by atoms with van der Waals surface area (Å²) in [5, 5.41) is 2.70. The predicted molar refractivity (Wildman–Crippen MR) is 72.3 cm³/mol. The molecule has 0 radical (unpaired) electrons. The van der Waals surface area contributed by atoms with Crippen LogP contribution in [0.1, 0.15) is 28.9 Å². The third-order valence-electron chi connectivity index (χ3n) is 2.59. The number of hydrogen-bond acceptors (Lipinski definition) is 5. The number of nitrogens with one attached hydrogen (secondary N) is 1. The van der Waals surface area contributed by atoms with Gasteiger partial charge in [-0.2, -0.15) is 0 Å². The monoisotopic (exact) mass is 260 g/mol. The van der Waals surface area contributed by atoms with Crippen molar-refractivity contribution in [1.82, 2.24) is 10.3 Å². The van der Waals surface area contributed by atoms with Crippen LogP contribution in [0.25, 0.3) is 0 Å². The number of rotatable bonds is 4. The van der Waals surface area contributed by atoms with Crippen LogP contribution in [0.2, 0.25) is 0 Å². The summed E-state index contributed by atoms with van der Waals surface area (Å²) in [6, 6.07) is 4.73. The van der Waals surface area contributed by atoms with E-state index in [1.165, 1.54) is 0 Å². The zero-order valence-corrected chi connectivity index (χ0v) is 10.6. The van der Waals surface area contributed by atoms with Crippen LogP contribution in [0.3, 0.4) is 0 Å². The molecule has 6 heteroatoms. The highest BCUT2D eigenvalue weighted by atomic mass is 16.4. The van der Waals surface area contributed by atoms with Crippen LogP contribution in [0.4, 0.5) is 11.4 Å². The molecule has 1 aromatic carbocycles. The molecule has 1 aromatic heterocycles. The average molecular weight is 260 g/mol. The Morgan fingerprint density at radius 3 is 2.58 bits per heavy atom. The zero-order valence-electron chi connectivity index (χ0n) is 10.6. The molecule has 0 unspecified atom stereocenters. The molecule has 1 heterocycles. The molecule has 0 spiro atoms. The largest absolute Gasteiger partial charge is 0.444 e. The molecule has 0 bridgehead atoms. The fourth-order valence-electron chi connectivity index (χ4n) is 1.66. The van der Waals surface area contributed by atoms with Crippen molar-refractivity contribution in [2.24, 2.45) is 0 Å². The molecule has 19 heavy (non-hydrogen) atoms. The molecule has 1 amide bonds. The number of nitrogens with two attached hydrogens (primary N) is 2. The number of nitrogens with zero attached hydrogens (tertiary/aromatic N) is 1. The highest BCUT2D eigenvalue weighted by molar-refractivity contribution is 5.96. The summed E-state index contributed by atoms with van der Waals surface area (Å²) in [4.78, 5) is 16.0. The Kier molecular flexibility index (Phi) is 3.70. The first kappa shape index (κ1) is 12.9. The summed E-state index contributed by atoms with van der Waals surface area (Å²) in [5.74, 6) is 0.995. The quantitative estimate of drug-likeness (QED) is 0.719. The van der Waals surface area contributed by atoms with Gasteiger partial charge in [0, 0.05) is 23.4 Å². The Morgan fingerprint density at radius 2 is 2.00 bits per heavy atom. The number of oxazole rings is 1. The van der Waals surface area contributed by atoms with Gasteiger partial charge in [-0.25, -0.2) is 4.98 Å². The van der Waals surface area contributed by atoms with Crippen LogP contribution >= 0.6 is 0 Å². The normalized spacial score (nSPS) is 10.4. The van der Waals surface area contributed by atoms with Crippen molar-refractivity contribution < 1.29 is 9.21 Å². The van der Waals surface area contributed by atoms with Crippen molar-refractivity contribution in [3.63, 3.8) is 0 Å². The molecule has 0 saturated heterocycles. The van der Waals surface area contributed by atoms with Crippen LogP contribution in [-0.4, -0.2) is 10.9 Å². The van der Waals surface area contributed by atoms with Crippen LogP contribution < -0.4 is 16.8 Å². The number of aromatic nitrogens is 1. The summed E-state index contributed by atoms with van der Waals surface area (Å²) >= 11 is 0. The Balaban J connectivity index is 2.00. The van der Waals surface area contributed by atoms with Crippen molar-refractivity contribution in [2.75, 3.05) is 11.5 Å². The molecule has 0 aliphatic heterocycles. The van der Waals surface area contributed by atoms with Gasteiger partial charge in [-0.05, 0) is 18.2 Å². The van der Waals surface area contributed by atoms with E-state index in [2.05, 4.69) is 10.3 Å². The van der Waals surface area contributed by atoms with Gasteiger partial charge < -0.3 is 21.2 Å². The topological polar surface area (TPSA) is 107 Å². The summed E-state index contributed by atoms with van der Waals surface area (Å²) in [6.07, 6.45) is 2.42. The van der Waals surface area contributed by atoms with Gasteiger partial charge in [0.15, 0.2) is 0 Å². The Bertz CT molecular complexity index is 572. The van der Waals surface area contributed by atoms with Crippen molar-refractivity contribution in [3.05, 3.63) is 41.6 Å². The third kappa shape index (κ3) is 3.25. The van der Waals surface area contributed by atoms with Gasteiger partial charge >= 0.3 is 0 Å². The van der Waals surface area contributed by atoms with Gasteiger partial charge in [0.25, 0.3) is 5.91 Å². The number of carbonyl (C=O) groups excluding carboxylic acids is 1. The lowest BCUT2D eigenvalue weighted by Crippen LogP contribution is -2.23. The maximum Gasteiger partial charge on any atom is 0.251 e. The maximum atomic E-state index is 11.9. The number of aryl methyl sites for hydroxylation is 1. The zero-order chi connectivity index (χ0) is 13.8. The lowest BCUT2D eigenvalue weighted by Gasteiger charge is -2.05. The summed E-state index contributed by atoms with van der Waals surface area (Å²) in [5.41, 5.74) is 12.6. The molecule has 2 aromatic rings. The molecule has 6 nitrogen and oxygen atoms in total. The van der Waals surface area contributed by atoms with E-state index in [0.717, 1.165) is 12.2 Å². The maximum absolute atomic E-state index is 11.9. The van der Waals surface area contributed by atoms with E-state index in [4.69, 9.17) is 15.9 Å². The fraction of sp³-hybridized carbons (Fsp3) is 0.231. The molecular weight excluding hydrogens is 244 g/mol. The third-order valence-corrected chi connectivity index (χ3v) is 2.59. The molecule has 5 N–H and O–H groups in total. The van der Waals surface area contributed by atoms with E-state index < -0.39 is 0 Å². The van der Waals surface area contributed by atoms with E-state index in [1.807, 2.05) is 6.92 Å². The summed E-state index contributed by atoms with van der Waals surface area (Å²) in [6.45, 7) is 2.20. The van der Waals surface area contributed by atoms with Gasteiger partial charge in [-0.1, -0.05) is 6.92 Å². The molecule has 0 aliphatic rings. The Hall–Kier alpha value is -2.50. The second-order valence-corrected chi connectivity index (χ2v) is 4.14. The van der Waals surface area contributed by atoms with Crippen LogP contribution in [0, 0.1) is 0 Å².